The van der Waals surface area contributed by atoms with E-state index in [1.54, 1.807) is 19.2 Å². The van der Waals surface area contributed by atoms with E-state index in [4.69, 9.17) is 6.57 Å². The minimum absolute atomic E-state index is 0.423. The number of anilines is 1. The number of nitrogens with one attached hydrogen (secondary N) is 1. The monoisotopic (exact) mass is 133 g/mol. The van der Waals surface area contributed by atoms with Crippen LogP contribution in [0.5, 0.6) is 0 Å². The maximum atomic E-state index is 6.65. The van der Waals surface area contributed by atoms with E-state index in [1.807, 2.05) is 6.07 Å². The van der Waals surface area contributed by atoms with Gasteiger partial charge in [-0.2, -0.15) is 0 Å². The summed E-state index contributed by atoms with van der Waals surface area (Å²) >= 11 is 0. The summed E-state index contributed by atoms with van der Waals surface area (Å²) in [4.78, 5) is 7.12. The Kier molecular flexibility index (Phi) is 1.86. The molecule has 0 fully saturated rings. The molecule has 50 valence electrons. The van der Waals surface area contributed by atoms with Crippen molar-refractivity contribution in [3.63, 3.8) is 0 Å². The molecule has 0 radical (unpaired) electrons. The normalized spacial score (nSPS) is 8.40. The van der Waals surface area contributed by atoms with Gasteiger partial charge in [-0.1, -0.05) is 12.6 Å². The minimum Gasteiger partial charge on any atom is -0.361 e. The molecule has 1 heterocycles. The number of nitrogens with zero attached hydrogens (tertiary/aromatic N) is 2. The van der Waals surface area contributed by atoms with E-state index in [-0.39, 0.29) is 0 Å². The van der Waals surface area contributed by atoms with E-state index >= 15 is 0 Å². The average molecular weight is 133 g/mol. The second kappa shape index (κ2) is 2.83. The molecule has 0 aliphatic rings. The largest absolute Gasteiger partial charge is 0.361 e. The molecule has 0 bridgehead atoms. The van der Waals surface area contributed by atoms with Crippen LogP contribution in [-0.4, -0.2) is 12.0 Å². The van der Waals surface area contributed by atoms with Gasteiger partial charge >= 0.3 is 0 Å². The molecule has 10 heavy (non-hydrogen) atoms. The van der Waals surface area contributed by atoms with Gasteiger partial charge in [-0.25, -0.2) is 0 Å². The molecule has 1 aromatic heterocycles. The third kappa shape index (κ3) is 1.23. The van der Waals surface area contributed by atoms with Crippen LogP contribution < -0.4 is 5.32 Å². The van der Waals surface area contributed by atoms with Gasteiger partial charge < -0.3 is 10.2 Å². The van der Waals surface area contributed by atoms with Crippen molar-refractivity contribution in [1.29, 1.82) is 0 Å². The van der Waals surface area contributed by atoms with Crippen LogP contribution in [0.1, 0.15) is 0 Å². The first-order valence-electron chi connectivity index (χ1n) is 2.89. The third-order valence-electron chi connectivity index (χ3n) is 1.11. The first-order valence-corrected chi connectivity index (χ1v) is 2.89. The van der Waals surface area contributed by atoms with Gasteiger partial charge in [-0.05, 0) is 6.07 Å². The first kappa shape index (κ1) is 6.56. The van der Waals surface area contributed by atoms with Gasteiger partial charge in [0.15, 0.2) is 0 Å². The van der Waals surface area contributed by atoms with Crippen molar-refractivity contribution in [2.45, 2.75) is 0 Å². The van der Waals surface area contributed by atoms with Gasteiger partial charge in [0.1, 0.15) is 0 Å². The molecule has 0 saturated carbocycles. The maximum Gasteiger partial charge on any atom is 0.271 e. The topological polar surface area (TPSA) is 29.3 Å². The van der Waals surface area contributed by atoms with Crippen molar-refractivity contribution in [2.24, 2.45) is 0 Å². The molecule has 0 aliphatic carbocycles. The van der Waals surface area contributed by atoms with Crippen LogP contribution in [0.4, 0.5) is 11.6 Å². The van der Waals surface area contributed by atoms with Gasteiger partial charge in [0.05, 0.1) is 0 Å². The molecule has 3 nitrogen and oxygen atoms in total. The Morgan fingerprint density at radius 1 is 1.60 bits per heavy atom. The second-order valence-corrected chi connectivity index (χ2v) is 1.74. The summed E-state index contributed by atoms with van der Waals surface area (Å²) in [6, 6.07) is 5.29. The Labute approximate surface area is 59.5 Å². The number of rotatable bonds is 1. The molecule has 0 aromatic carbocycles. The van der Waals surface area contributed by atoms with Crippen molar-refractivity contribution in [1.82, 2.24) is 4.98 Å². The Morgan fingerprint density at radius 3 is 3.00 bits per heavy atom. The molecular weight excluding hydrogens is 126 g/mol. The number of hydrogen-bond donors (Lipinski definition) is 1. The number of hydrogen-bond acceptors (Lipinski definition) is 2. The molecule has 0 spiro atoms. The van der Waals surface area contributed by atoms with Crippen molar-refractivity contribution in [3.05, 3.63) is 29.6 Å². The van der Waals surface area contributed by atoms with Crippen molar-refractivity contribution in [3.8, 4) is 0 Å². The summed E-state index contributed by atoms with van der Waals surface area (Å²) in [5.41, 5.74) is 0. The molecule has 1 N–H and O–H groups in total. The second-order valence-electron chi connectivity index (χ2n) is 1.74. The lowest BCUT2D eigenvalue weighted by Gasteiger charge is -1.92. The summed E-state index contributed by atoms with van der Waals surface area (Å²) in [6.45, 7) is 6.65. The fraction of sp³-hybridized carbons (Fsp3) is 0.143. The van der Waals surface area contributed by atoms with Crippen molar-refractivity contribution < 1.29 is 0 Å². The van der Waals surface area contributed by atoms with Crippen LogP contribution in [0.2, 0.25) is 0 Å². The number of pyridine rings is 1. The Hall–Kier alpha value is -1.56. The lowest BCUT2D eigenvalue weighted by Crippen LogP contribution is -1.89. The van der Waals surface area contributed by atoms with Gasteiger partial charge in [-0.15, -0.1) is 4.98 Å². The first-order chi connectivity index (χ1) is 4.86. The van der Waals surface area contributed by atoms with Gasteiger partial charge in [0.2, 0.25) is 5.82 Å². The smallest absolute Gasteiger partial charge is 0.271 e. The molecule has 0 aliphatic heterocycles. The molecule has 3 heteroatoms. The molecule has 0 atom stereocenters. The Bertz CT molecular complexity index is 262. The van der Waals surface area contributed by atoms with Gasteiger partial charge in [0, 0.05) is 13.1 Å². The average Bonchev–Trinajstić information content (AvgIpc) is 2.05. The highest BCUT2D eigenvalue weighted by Gasteiger charge is 1.94. The summed E-state index contributed by atoms with van der Waals surface area (Å²) in [7, 11) is 1.77. The fourth-order valence-electron chi connectivity index (χ4n) is 0.625. The zero-order valence-electron chi connectivity index (χ0n) is 5.63. The van der Waals surface area contributed by atoms with Crippen molar-refractivity contribution >= 4 is 11.6 Å². The Morgan fingerprint density at radius 2 is 2.40 bits per heavy atom. The van der Waals surface area contributed by atoms with Crippen LogP contribution in [0.25, 0.3) is 4.85 Å². The predicted octanol–water partition coefficient (Wildman–Crippen LogP) is 1.67. The highest BCUT2D eigenvalue weighted by atomic mass is 15.0. The van der Waals surface area contributed by atoms with E-state index < -0.39 is 0 Å². The van der Waals surface area contributed by atoms with Crippen LogP contribution >= 0.6 is 0 Å². The SMILES string of the molecule is [C-]#[N+]c1cccc(NC)n1. The van der Waals surface area contributed by atoms with Crippen LogP contribution in [0, 0.1) is 6.57 Å². The van der Waals surface area contributed by atoms with Gasteiger partial charge in [0.25, 0.3) is 5.82 Å². The van der Waals surface area contributed by atoms with Crippen LogP contribution in [0.3, 0.4) is 0 Å². The summed E-state index contributed by atoms with van der Waals surface area (Å²) in [6.07, 6.45) is 0. The highest BCUT2D eigenvalue weighted by Crippen LogP contribution is 2.10. The molecular formula is C7H7N3. The van der Waals surface area contributed by atoms with E-state index in [2.05, 4.69) is 15.1 Å². The zero-order chi connectivity index (χ0) is 7.40. The summed E-state index contributed by atoms with van der Waals surface area (Å²) in [5.74, 6) is 1.15. The summed E-state index contributed by atoms with van der Waals surface area (Å²) in [5, 5.41) is 2.85. The molecule has 1 rings (SSSR count). The lowest BCUT2D eigenvalue weighted by atomic mass is 10.4. The quantitative estimate of drug-likeness (QED) is 0.590. The standard InChI is InChI=1S/C7H7N3/c1-8-6-4-3-5-7(9-2)10-6/h3-5H,1H3,(H,8,10). The predicted molar refractivity (Wildman–Crippen MR) is 40.0 cm³/mol. The number of aromatic nitrogens is 1. The lowest BCUT2D eigenvalue weighted by molar-refractivity contribution is 1.31. The van der Waals surface area contributed by atoms with E-state index in [1.165, 1.54) is 0 Å². The molecule has 0 amide bonds. The molecule has 0 unspecified atom stereocenters. The van der Waals surface area contributed by atoms with Crippen LogP contribution in [0.15, 0.2) is 18.2 Å². The Balaban J connectivity index is 3.01. The van der Waals surface area contributed by atoms with Gasteiger partial charge in [-0.3, -0.25) is 0 Å². The van der Waals surface area contributed by atoms with Crippen LogP contribution in [-0.2, 0) is 0 Å². The zero-order valence-corrected chi connectivity index (χ0v) is 5.63. The van der Waals surface area contributed by atoms with E-state index in [0.29, 0.717) is 5.82 Å². The fourth-order valence-corrected chi connectivity index (χ4v) is 0.625. The van der Waals surface area contributed by atoms with Crippen molar-refractivity contribution in [2.75, 3.05) is 12.4 Å². The van der Waals surface area contributed by atoms with E-state index in [9.17, 15) is 0 Å². The molecule has 1 aromatic rings. The third-order valence-corrected chi connectivity index (χ3v) is 1.11. The maximum absolute atomic E-state index is 6.65. The van der Waals surface area contributed by atoms with E-state index in [0.717, 1.165) is 5.82 Å². The minimum atomic E-state index is 0.423. The summed E-state index contributed by atoms with van der Waals surface area (Å²) < 4.78 is 0. The molecule has 0 saturated heterocycles. The highest BCUT2D eigenvalue weighted by molar-refractivity contribution is 5.44.